The Hall–Kier alpha value is -2.69. The van der Waals surface area contributed by atoms with Crippen LogP contribution < -0.4 is 5.32 Å². The number of nitrogens with zero attached hydrogens (tertiary/aromatic N) is 1. The Kier molecular flexibility index (Phi) is 4.92. The fourth-order valence-electron chi connectivity index (χ4n) is 4.38. The van der Waals surface area contributed by atoms with Crippen molar-refractivity contribution in [3.8, 4) is 11.1 Å². The third-order valence-electron chi connectivity index (χ3n) is 6.28. The maximum atomic E-state index is 14.7. The zero-order chi connectivity index (χ0) is 19.7. The zero-order valence-corrected chi connectivity index (χ0v) is 16.1. The summed E-state index contributed by atoms with van der Waals surface area (Å²) in [5.74, 6) is -0.561. The lowest BCUT2D eigenvalue weighted by atomic mass is 9.77. The number of piperidine rings is 1. The lowest BCUT2D eigenvalue weighted by Gasteiger charge is -2.39. The zero-order valence-electron chi connectivity index (χ0n) is 16.1. The van der Waals surface area contributed by atoms with Gasteiger partial charge < -0.3 is 10.2 Å². The molecule has 1 atom stereocenters. The summed E-state index contributed by atoms with van der Waals surface area (Å²) in [5.41, 5.74) is 2.08. The summed E-state index contributed by atoms with van der Waals surface area (Å²) < 4.78 is 14.7. The predicted octanol–water partition coefficient (Wildman–Crippen LogP) is 3.72. The van der Waals surface area contributed by atoms with Gasteiger partial charge >= 0.3 is 0 Å². The van der Waals surface area contributed by atoms with Crippen LogP contribution in [0.15, 0.2) is 48.5 Å². The Morgan fingerprint density at radius 1 is 1.14 bits per heavy atom. The quantitative estimate of drug-likeness (QED) is 0.882. The van der Waals surface area contributed by atoms with Gasteiger partial charge in [0.2, 0.25) is 11.8 Å². The van der Waals surface area contributed by atoms with Crippen molar-refractivity contribution in [1.82, 2.24) is 10.2 Å². The Labute approximate surface area is 164 Å². The highest BCUT2D eigenvalue weighted by atomic mass is 19.1. The lowest BCUT2D eigenvalue weighted by molar-refractivity contribution is -0.134. The van der Waals surface area contributed by atoms with E-state index in [0.29, 0.717) is 30.6 Å². The molecule has 0 saturated carbocycles. The molecule has 2 fully saturated rings. The summed E-state index contributed by atoms with van der Waals surface area (Å²) in [5, 5.41) is 2.91. The van der Waals surface area contributed by atoms with Crippen molar-refractivity contribution in [1.29, 1.82) is 0 Å². The molecule has 2 aliphatic heterocycles. The lowest BCUT2D eigenvalue weighted by Crippen LogP contribution is -2.45. The van der Waals surface area contributed by atoms with Crippen molar-refractivity contribution in [3.63, 3.8) is 0 Å². The molecular formula is C23H25FN2O2. The van der Waals surface area contributed by atoms with Gasteiger partial charge in [-0.25, -0.2) is 4.39 Å². The average Bonchev–Trinajstić information content (AvgIpc) is 3.08. The van der Waals surface area contributed by atoms with Gasteiger partial charge in [-0.1, -0.05) is 42.5 Å². The SMILES string of the molecule is C[C@H](C(=O)N1CCC2(CC1)CNC(=O)C2)c1ccc(-c2ccccc2)c(F)c1. The van der Waals surface area contributed by atoms with Gasteiger partial charge in [-0.05, 0) is 42.4 Å². The third-order valence-corrected chi connectivity index (χ3v) is 6.28. The van der Waals surface area contributed by atoms with Gasteiger partial charge in [0.25, 0.3) is 0 Å². The van der Waals surface area contributed by atoms with Crippen molar-refractivity contribution in [3.05, 3.63) is 59.9 Å². The monoisotopic (exact) mass is 380 g/mol. The fourth-order valence-corrected chi connectivity index (χ4v) is 4.38. The Bertz CT molecular complexity index is 889. The molecule has 2 aromatic rings. The summed E-state index contributed by atoms with van der Waals surface area (Å²) in [6, 6.07) is 14.5. The molecule has 0 aliphatic carbocycles. The normalized spacial score (nSPS) is 19.5. The Morgan fingerprint density at radius 2 is 1.86 bits per heavy atom. The Balaban J connectivity index is 1.44. The van der Waals surface area contributed by atoms with Gasteiger partial charge in [0.15, 0.2) is 0 Å². The summed E-state index contributed by atoms with van der Waals surface area (Å²) in [6.45, 7) is 3.87. The molecule has 2 aliphatic rings. The van der Waals surface area contributed by atoms with Gasteiger partial charge in [-0.2, -0.15) is 0 Å². The van der Waals surface area contributed by atoms with E-state index in [4.69, 9.17) is 0 Å². The molecule has 2 amide bonds. The van der Waals surface area contributed by atoms with Crippen LogP contribution in [0.5, 0.6) is 0 Å². The second-order valence-corrected chi connectivity index (χ2v) is 8.11. The standard InChI is InChI=1S/C23H25FN2O2/c1-16(18-7-8-19(20(24)13-18)17-5-3-2-4-6-17)22(28)26-11-9-23(10-12-26)14-21(27)25-15-23/h2-8,13,16H,9-12,14-15H2,1H3,(H,25,27)/t16-/m0/s1. The highest BCUT2D eigenvalue weighted by Crippen LogP contribution is 2.38. The number of carbonyl (C=O) groups excluding carboxylic acids is 2. The number of rotatable bonds is 3. The molecule has 2 aromatic carbocycles. The topological polar surface area (TPSA) is 49.4 Å². The van der Waals surface area contributed by atoms with E-state index in [1.807, 2.05) is 48.2 Å². The number of benzene rings is 2. The molecule has 5 heteroatoms. The predicted molar refractivity (Wildman–Crippen MR) is 106 cm³/mol. The van der Waals surface area contributed by atoms with E-state index in [9.17, 15) is 14.0 Å². The minimum atomic E-state index is -0.392. The molecule has 0 bridgehead atoms. The van der Waals surface area contributed by atoms with E-state index in [1.54, 1.807) is 6.07 Å². The van der Waals surface area contributed by atoms with Crippen LogP contribution >= 0.6 is 0 Å². The highest BCUT2D eigenvalue weighted by Gasteiger charge is 2.42. The molecular weight excluding hydrogens is 355 g/mol. The third kappa shape index (κ3) is 3.53. The van der Waals surface area contributed by atoms with Crippen LogP contribution in [-0.2, 0) is 9.59 Å². The maximum absolute atomic E-state index is 14.7. The van der Waals surface area contributed by atoms with Gasteiger partial charge in [-0.3, -0.25) is 9.59 Å². The van der Waals surface area contributed by atoms with Gasteiger partial charge in [0.1, 0.15) is 5.82 Å². The minimum absolute atomic E-state index is 0.0144. The van der Waals surface area contributed by atoms with Crippen LogP contribution in [0.4, 0.5) is 4.39 Å². The first-order chi connectivity index (χ1) is 13.5. The first kappa shape index (κ1) is 18.7. The molecule has 146 valence electrons. The molecule has 28 heavy (non-hydrogen) atoms. The second-order valence-electron chi connectivity index (χ2n) is 8.11. The van der Waals surface area contributed by atoms with Crippen LogP contribution in [-0.4, -0.2) is 36.3 Å². The average molecular weight is 380 g/mol. The smallest absolute Gasteiger partial charge is 0.229 e. The Morgan fingerprint density at radius 3 is 2.46 bits per heavy atom. The van der Waals surface area contributed by atoms with E-state index in [1.165, 1.54) is 6.07 Å². The molecule has 0 unspecified atom stereocenters. The van der Waals surface area contributed by atoms with Crippen LogP contribution in [0.1, 0.15) is 37.7 Å². The highest BCUT2D eigenvalue weighted by molar-refractivity contribution is 5.84. The summed E-state index contributed by atoms with van der Waals surface area (Å²) >= 11 is 0. The summed E-state index contributed by atoms with van der Waals surface area (Å²) in [7, 11) is 0. The molecule has 2 heterocycles. The molecule has 2 saturated heterocycles. The molecule has 1 spiro atoms. The van der Waals surface area contributed by atoms with E-state index >= 15 is 0 Å². The number of hydrogen-bond acceptors (Lipinski definition) is 2. The summed E-state index contributed by atoms with van der Waals surface area (Å²) in [6.07, 6.45) is 2.24. The first-order valence-electron chi connectivity index (χ1n) is 9.88. The van der Waals surface area contributed by atoms with Gasteiger partial charge in [0, 0.05) is 31.6 Å². The summed E-state index contributed by atoms with van der Waals surface area (Å²) in [4.78, 5) is 26.4. The number of hydrogen-bond donors (Lipinski definition) is 1. The maximum Gasteiger partial charge on any atom is 0.229 e. The van der Waals surface area contributed by atoms with Crippen LogP contribution in [0.2, 0.25) is 0 Å². The van der Waals surface area contributed by atoms with E-state index in [0.717, 1.165) is 24.9 Å². The number of amides is 2. The minimum Gasteiger partial charge on any atom is -0.356 e. The van der Waals surface area contributed by atoms with Crippen molar-refractivity contribution in [2.45, 2.75) is 32.1 Å². The first-order valence-corrected chi connectivity index (χ1v) is 9.88. The largest absolute Gasteiger partial charge is 0.356 e. The molecule has 0 radical (unpaired) electrons. The van der Waals surface area contributed by atoms with Crippen molar-refractivity contribution in [2.24, 2.45) is 5.41 Å². The van der Waals surface area contributed by atoms with Crippen LogP contribution in [0.25, 0.3) is 11.1 Å². The van der Waals surface area contributed by atoms with Gasteiger partial charge in [-0.15, -0.1) is 0 Å². The number of carbonyl (C=O) groups is 2. The van der Waals surface area contributed by atoms with E-state index in [2.05, 4.69) is 5.32 Å². The fraction of sp³-hybridized carbons (Fsp3) is 0.391. The molecule has 4 rings (SSSR count). The molecule has 4 nitrogen and oxygen atoms in total. The van der Waals surface area contributed by atoms with Gasteiger partial charge in [0.05, 0.1) is 5.92 Å². The van der Waals surface area contributed by atoms with Crippen molar-refractivity contribution >= 4 is 11.8 Å². The second kappa shape index (κ2) is 7.38. The van der Waals surface area contributed by atoms with E-state index in [-0.39, 0.29) is 23.0 Å². The van der Waals surface area contributed by atoms with Crippen LogP contribution in [0, 0.1) is 11.2 Å². The van der Waals surface area contributed by atoms with Crippen LogP contribution in [0.3, 0.4) is 0 Å². The van der Waals surface area contributed by atoms with E-state index < -0.39 is 5.92 Å². The number of halogens is 1. The molecule has 1 N–H and O–H groups in total. The molecule has 0 aromatic heterocycles. The number of nitrogens with one attached hydrogen (secondary N) is 1. The number of likely N-dealkylation sites (tertiary alicyclic amines) is 1. The van der Waals surface area contributed by atoms with Crippen molar-refractivity contribution < 1.29 is 14.0 Å². The van der Waals surface area contributed by atoms with Crippen molar-refractivity contribution in [2.75, 3.05) is 19.6 Å².